The number of aliphatic hydroxyl groups is 4. The van der Waals surface area contributed by atoms with E-state index in [0.29, 0.717) is 0 Å². The van der Waals surface area contributed by atoms with E-state index in [9.17, 15) is 24.9 Å². The van der Waals surface area contributed by atoms with Gasteiger partial charge in [0.1, 0.15) is 0 Å². The highest BCUT2D eigenvalue weighted by molar-refractivity contribution is 5.89. The van der Waals surface area contributed by atoms with E-state index in [1.807, 2.05) is 0 Å². The van der Waals surface area contributed by atoms with Crippen molar-refractivity contribution in [2.75, 3.05) is 6.61 Å². The fourth-order valence-corrected chi connectivity index (χ4v) is 1.37. The molecular formula is C14H22O8. The van der Waals surface area contributed by atoms with Crippen molar-refractivity contribution >= 4 is 11.9 Å². The van der Waals surface area contributed by atoms with Gasteiger partial charge in [-0.05, 0) is 26.7 Å². The molecule has 0 aliphatic rings. The zero-order valence-electron chi connectivity index (χ0n) is 12.7. The highest BCUT2D eigenvalue weighted by atomic mass is 16.8. The van der Waals surface area contributed by atoms with Crippen LogP contribution >= 0.6 is 0 Å². The number of hydrogen-bond acceptors (Lipinski definition) is 8. The number of aliphatic hydroxyl groups excluding tert-OH is 1. The van der Waals surface area contributed by atoms with Crippen LogP contribution in [0.1, 0.15) is 33.1 Å². The van der Waals surface area contributed by atoms with Gasteiger partial charge in [-0.3, -0.25) is 0 Å². The van der Waals surface area contributed by atoms with Gasteiger partial charge in [-0.1, -0.05) is 13.2 Å². The van der Waals surface area contributed by atoms with E-state index in [0.717, 1.165) is 0 Å². The Labute approximate surface area is 128 Å². The normalized spacial score (nSPS) is 11.7. The predicted molar refractivity (Wildman–Crippen MR) is 74.9 cm³/mol. The average Bonchev–Trinajstić information content (AvgIpc) is 2.36. The van der Waals surface area contributed by atoms with Crippen molar-refractivity contribution in [2.24, 2.45) is 0 Å². The first-order chi connectivity index (χ1) is 9.97. The Morgan fingerprint density at radius 3 is 1.64 bits per heavy atom. The third-order valence-corrected chi connectivity index (χ3v) is 2.64. The fourth-order valence-electron chi connectivity index (χ4n) is 1.37. The van der Waals surface area contributed by atoms with Crippen molar-refractivity contribution < 1.29 is 39.5 Å². The Kier molecular flexibility index (Phi) is 7.41. The lowest BCUT2D eigenvalue weighted by atomic mass is 10.1. The molecule has 22 heavy (non-hydrogen) atoms. The molecule has 0 bridgehead atoms. The molecular weight excluding hydrogens is 296 g/mol. The minimum atomic E-state index is -3.65. The van der Waals surface area contributed by atoms with Crippen LogP contribution in [-0.2, 0) is 19.1 Å². The standard InChI is InChI=1S/C14H22O8/c1-9(2)11(16)21-13(14(18,19)20,7-5-6-8-15)22-12(17)10(3)4/h15,18-20H,1,3,5-8H2,2,4H3. The first kappa shape index (κ1) is 20.3. The first-order valence-corrected chi connectivity index (χ1v) is 6.52. The lowest BCUT2D eigenvalue weighted by Crippen LogP contribution is -2.59. The average molecular weight is 318 g/mol. The molecule has 0 unspecified atom stereocenters. The topological polar surface area (TPSA) is 134 Å². The monoisotopic (exact) mass is 318 g/mol. The van der Waals surface area contributed by atoms with E-state index in [-0.39, 0.29) is 30.6 Å². The minimum Gasteiger partial charge on any atom is -0.411 e. The second-order valence-electron chi connectivity index (χ2n) is 4.91. The maximum absolute atomic E-state index is 11.7. The Morgan fingerprint density at radius 1 is 0.955 bits per heavy atom. The largest absolute Gasteiger partial charge is 0.411 e. The number of unbranched alkanes of at least 4 members (excludes halogenated alkanes) is 1. The van der Waals surface area contributed by atoms with Crippen molar-refractivity contribution in [3.8, 4) is 0 Å². The van der Waals surface area contributed by atoms with Crippen LogP contribution in [0.5, 0.6) is 0 Å². The summed E-state index contributed by atoms with van der Waals surface area (Å²) in [6, 6.07) is 0. The highest BCUT2D eigenvalue weighted by Gasteiger charge is 2.56. The molecule has 0 amide bonds. The van der Waals surface area contributed by atoms with E-state index in [1.165, 1.54) is 13.8 Å². The summed E-state index contributed by atoms with van der Waals surface area (Å²) in [6.45, 7) is 8.97. The number of esters is 2. The molecule has 0 radical (unpaired) electrons. The summed E-state index contributed by atoms with van der Waals surface area (Å²) in [5, 5.41) is 37.3. The van der Waals surface area contributed by atoms with Crippen molar-refractivity contribution in [1.29, 1.82) is 0 Å². The molecule has 4 N–H and O–H groups in total. The third kappa shape index (κ3) is 5.57. The van der Waals surface area contributed by atoms with Crippen LogP contribution in [0.25, 0.3) is 0 Å². The van der Waals surface area contributed by atoms with E-state index >= 15 is 0 Å². The van der Waals surface area contributed by atoms with Crippen molar-refractivity contribution in [2.45, 2.75) is 44.9 Å². The Morgan fingerprint density at radius 2 is 1.36 bits per heavy atom. The zero-order chi connectivity index (χ0) is 17.6. The van der Waals surface area contributed by atoms with Crippen molar-refractivity contribution in [3.05, 3.63) is 24.3 Å². The van der Waals surface area contributed by atoms with Gasteiger partial charge in [-0.2, -0.15) is 0 Å². The Bertz CT molecular complexity index is 418. The maximum Gasteiger partial charge on any atom is 0.357 e. The molecule has 0 aromatic rings. The van der Waals surface area contributed by atoms with Crippen LogP contribution in [0.4, 0.5) is 0 Å². The molecule has 8 heteroatoms. The maximum atomic E-state index is 11.7. The highest BCUT2D eigenvalue weighted by Crippen LogP contribution is 2.32. The van der Waals surface area contributed by atoms with Gasteiger partial charge in [-0.25, -0.2) is 9.59 Å². The van der Waals surface area contributed by atoms with Gasteiger partial charge in [0.15, 0.2) is 0 Å². The molecule has 0 spiro atoms. The molecule has 0 saturated heterocycles. The molecule has 0 aromatic carbocycles. The zero-order valence-corrected chi connectivity index (χ0v) is 12.7. The molecule has 0 fully saturated rings. The SMILES string of the molecule is C=C(C)C(=O)OC(CCCCO)(OC(=O)C(=C)C)C(O)(O)O. The smallest absolute Gasteiger partial charge is 0.357 e. The molecule has 0 atom stereocenters. The summed E-state index contributed by atoms with van der Waals surface area (Å²) < 4.78 is 9.55. The predicted octanol–water partition coefficient (Wildman–Crippen LogP) is -0.285. The number of hydrogen-bond donors (Lipinski definition) is 4. The number of ether oxygens (including phenoxy) is 2. The first-order valence-electron chi connectivity index (χ1n) is 6.52. The van der Waals surface area contributed by atoms with Gasteiger partial charge in [0.05, 0.1) is 0 Å². The summed E-state index contributed by atoms with van der Waals surface area (Å²) in [7, 11) is 0. The molecule has 126 valence electrons. The van der Waals surface area contributed by atoms with Gasteiger partial charge in [0.2, 0.25) is 0 Å². The van der Waals surface area contributed by atoms with Gasteiger partial charge in [0.25, 0.3) is 0 Å². The minimum absolute atomic E-state index is 0.0624. The van der Waals surface area contributed by atoms with Crippen LogP contribution in [0, 0.1) is 0 Å². The second-order valence-corrected chi connectivity index (χ2v) is 4.91. The summed E-state index contributed by atoms with van der Waals surface area (Å²) in [5.41, 5.74) is -0.218. The number of rotatable bonds is 9. The Hall–Kier alpha value is -1.74. The van der Waals surface area contributed by atoms with Crippen molar-refractivity contribution in [3.63, 3.8) is 0 Å². The van der Waals surface area contributed by atoms with Gasteiger partial charge in [0, 0.05) is 24.2 Å². The lowest BCUT2D eigenvalue weighted by Gasteiger charge is -2.38. The van der Waals surface area contributed by atoms with Crippen LogP contribution in [0.2, 0.25) is 0 Å². The van der Waals surface area contributed by atoms with Crippen LogP contribution in [0.3, 0.4) is 0 Å². The molecule has 8 nitrogen and oxygen atoms in total. The lowest BCUT2D eigenvalue weighted by molar-refractivity contribution is -0.445. The van der Waals surface area contributed by atoms with Crippen LogP contribution in [0.15, 0.2) is 24.3 Å². The van der Waals surface area contributed by atoms with Crippen LogP contribution < -0.4 is 0 Å². The third-order valence-electron chi connectivity index (χ3n) is 2.64. The van der Waals surface area contributed by atoms with E-state index in [2.05, 4.69) is 13.2 Å². The molecule has 0 aliphatic carbocycles. The molecule has 0 aliphatic heterocycles. The summed E-state index contributed by atoms with van der Waals surface area (Å²) in [6.07, 6.45) is -0.213. The van der Waals surface area contributed by atoms with Gasteiger partial charge < -0.3 is 29.9 Å². The molecule has 0 saturated carbocycles. The van der Waals surface area contributed by atoms with E-state index in [1.54, 1.807) is 0 Å². The quantitative estimate of drug-likeness (QED) is 0.197. The summed E-state index contributed by atoms with van der Waals surface area (Å²) in [4.78, 5) is 23.3. The van der Waals surface area contributed by atoms with Gasteiger partial charge >= 0.3 is 23.7 Å². The fraction of sp³-hybridized carbons (Fsp3) is 0.571. The van der Waals surface area contributed by atoms with Crippen LogP contribution in [-0.4, -0.2) is 50.7 Å². The van der Waals surface area contributed by atoms with E-state index < -0.39 is 30.1 Å². The second kappa shape index (κ2) is 8.04. The Balaban J connectivity index is 5.60. The molecule has 0 aromatic heterocycles. The summed E-state index contributed by atoms with van der Waals surface area (Å²) in [5.74, 6) is -8.62. The van der Waals surface area contributed by atoms with Gasteiger partial charge in [-0.15, -0.1) is 0 Å². The summed E-state index contributed by atoms with van der Waals surface area (Å²) >= 11 is 0. The van der Waals surface area contributed by atoms with Crippen molar-refractivity contribution in [1.82, 2.24) is 0 Å². The number of carbonyl (C=O) groups excluding carboxylic acids is 2. The number of carbonyl (C=O) groups is 2. The van der Waals surface area contributed by atoms with E-state index in [4.69, 9.17) is 14.6 Å². The molecule has 0 rings (SSSR count). The molecule has 0 heterocycles.